The molecular weight excluding hydrogens is 428 g/mol. The topological polar surface area (TPSA) is 79.9 Å². The zero-order valence-corrected chi connectivity index (χ0v) is 19.9. The van der Waals surface area contributed by atoms with Crippen LogP contribution in [0.25, 0.3) is 11.3 Å². The molecule has 2 fully saturated rings. The quantitative estimate of drug-likeness (QED) is 0.680. The van der Waals surface area contributed by atoms with Crippen molar-refractivity contribution in [2.24, 2.45) is 0 Å². The number of hydrogen-bond acceptors (Lipinski definition) is 7. The van der Waals surface area contributed by atoms with Crippen molar-refractivity contribution in [3.8, 4) is 28.5 Å². The van der Waals surface area contributed by atoms with Crippen molar-refractivity contribution < 1.29 is 19.0 Å². The SMILES string of the molecule is COc1cc(-c2cc(C(=O)N3CCCSCC3CN3CCCC3)[nH]n2)cc(OC)c1OC. The van der Waals surface area contributed by atoms with Crippen LogP contribution in [0.1, 0.15) is 29.8 Å². The molecule has 1 amide bonds. The van der Waals surface area contributed by atoms with E-state index >= 15 is 0 Å². The molecule has 2 saturated heterocycles. The first-order chi connectivity index (χ1) is 15.6. The van der Waals surface area contributed by atoms with Gasteiger partial charge in [-0.3, -0.25) is 9.89 Å². The summed E-state index contributed by atoms with van der Waals surface area (Å²) in [4.78, 5) is 18.0. The molecule has 1 aromatic heterocycles. The van der Waals surface area contributed by atoms with Crippen molar-refractivity contribution in [1.82, 2.24) is 20.0 Å². The van der Waals surface area contributed by atoms with Crippen molar-refractivity contribution in [1.29, 1.82) is 0 Å². The van der Waals surface area contributed by atoms with Gasteiger partial charge in [0.05, 0.1) is 33.1 Å². The molecule has 1 aromatic carbocycles. The Kier molecular flexibility index (Phi) is 7.47. The van der Waals surface area contributed by atoms with Crippen LogP contribution in [-0.2, 0) is 0 Å². The van der Waals surface area contributed by atoms with E-state index in [0.717, 1.165) is 49.7 Å². The second kappa shape index (κ2) is 10.5. The number of aromatic nitrogens is 2. The van der Waals surface area contributed by atoms with Crippen molar-refractivity contribution in [2.45, 2.75) is 25.3 Å². The molecule has 0 saturated carbocycles. The van der Waals surface area contributed by atoms with Gasteiger partial charge in [-0.15, -0.1) is 0 Å². The number of likely N-dealkylation sites (tertiary alicyclic amines) is 1. The van der Waals surface area contributed by atoms with Gasteiger partial charge >= 0.3 is 0 Å². The summed E-state index contributed by atoms with van der Waals surface area (Å²) in [5.74, 6) is 3.72. The summed E-state index contributed by atoms with van der Waals surface area (Å²) in [7, 11) is 4.74. The predicted molar refractivity (Wildman–Crippen MR) is 126 cm³/mol. The zero-order chi connectivity index (χ0) is 22.5. The van der Waals surface area contributed by atoms with E-state index in [9.17, 15) is 4.79 Å². The number of methoxy groups -OCH3 is 3. The minimum Gasteiger partial charge on any atom is -0.493 e. The van der Waals surface area contributed by atoms with Crippen LogP contribution in [0, 0.1) is 0 Å². The molecule has 9 heteroatoms. The van der Waals surface area contributed by atoms with Gasteiger partial charge in [0.25, 0.3) is 5.91 Å². The smallest absolute Gasteiger partial charge is 0.272 e. The minimum atomic E-state index is 0.0166. The van der Waals surface area contributed by atoms with E-state index in [1.54, 1.807) is 21.3 Å². The van der Waals surface area contributed by atoms with Gasteiger partial charge in [-0.25, -0.2) is 0 Å². The fraction of sp³-hybridized carbons (Fsp3) is 0.565. The van der Waals surface area contributed by atoms with Gasteiger partial charge in [-0.2, -0.15) is 16.9 Å². The number of benzene rings is 1. The molecule has 0 radical (unpaired) electrons. The van der Waals surface area contributed by atoms with Crippen molar-refractivity contribution >= 4 is 17.7 Å². The van der Waals surface area contributed by atoms with Crippen LogP contribution < -0.4 is 14.2 Å². The Bertz CT molecular complexity index is 903. The summed E-state index contributed by atoms with van der Waals surface area (Å²) in [6.07, 6.45) is 3.53. The molecule has 4 rings (SSSR count). The molecule has 0 spiro atoms. The number of H-pyrrole nitrogens is 1. The molecular formula is C23H32N4O4S. The average molecular weight is 461 g/mol. The maximum absolute atomic E-state index is 13.5. The standard InChI is InChI=1S/C23H32N4O4S/c1-29-20-11-16(12-21(30-2)22(20)31-3)18-13-19(25-24-18)23(28)27-9-6-10-32-15-17(27)14-26-7-4-5-8-26/h11-13,17H,4-10,14-15H2,1-3H3,(H,24,25). The highest BCUT2D eigenvalue weighted by atomic mass is 32.2. The lowest BCUT2D eigenvalue weighted by molar-refractivity contribution is 0.0660. The van der Waals surface area contributed by atoms with Crippen LogP contribution in [0.15, 0.2) is 18.2 Å². The Morgan fingerprint density at radius 2 is 1.78 bits per heavy atom. The summed E-state index contributed by atoms with van der Waals surface area (Å²) in [5, 5.41) is 7.39. The Morgan fingerprint density at radius 1 is 1.06 bits per heavy atom. The first-order valence-corrected chi connectivity index (χ1v) is 12.3. The molecule has 2 aromatic rings. The summed E-state index contributed by atoms with van der Waals surface area (Å²) in [5.41, 5.74) is 1.95. The van der Waals surface area contributed by atoms with Crippen LogP contribution >= 0.6 is 11.8 Å². The third kappa shape index (κ3) is 4.83. The molecule has 2 aliphatic heterocycles. The molecule has 0 aliphatic carbocycles. The van der Waals surface area contributed by atoms with Gasteiger partial charge in [0.2, 0.25) is 5.75 Å². The second-order valence-corrected chi connectivity index (χ2v) is 9.32. The number of carbonyl (C=O) groups is 1. The van der Waals surface area contributed by atoms with Crippen LogP contribution in [0.5, 0.6) is 17.2 Å². The molecule has 174 valence electrons. The van der Waals surface area contributed by atoms with E-state index in [2.05, 4.69) is 15.1 Å². The molecule has 8 nitrogen and oxygen atoms in total. The Hall–Kier alpha value is -2.39. The molecule has 1 unspecified atom stereocenters. The summed E-state index contributed by atoms with van der Waals surface area (Å²) in [6, 6.07) is 5.71. The number of nitrogens with one attached hydrogen (secondary N) is 1. The minimum absolute atomic E-state index is 0.0166. The Morgan fingerprint density at radius 3 is 2.44 bits per heavy atom. The van der Waals surface area contributed by atoms with Crippen LogP contribution in [0.4, 0.5) is 0 Å². The van der Waals surface area contributed by atoms with Gasteiger partial charge in [-0.05, 0) is 56.3 Å². The lowest BCUT2D eigenvalue weighted by Gasteiger charge is -2.32. The van der Waals surface area contributed by atoms with Gasteiger partial charge < -0.3 is 24.0 Å². The number of hydrogen-bond donors (Lipinski definition) is 1. The zero-order valence-electron chi connectivity index (χ0n) is 19.1. The van der Waals surface area contributed by atoms with Crippen LogP contribution in [0.2, 0.25) is 0 Å². The number of thioether (sulfide) groups is 1. The van der Waals surface area contributed by atoms with E-state index in [1.807, 2.05) is 34.9 Å². The van der Waals surface area contributed by atoms with E-state index in [0.29, 0.717) is 28.6 Å². The van der Waals surface area contributed by atoms with Crippen molar-refractivity contribution in [2.75, 3.05) is 59.0 Å². The van der Waals surface area contributed by atoms with E-state index < -0.39 is 0 Å². The highest BCUT2D eigenvalue weighted by Crippen LogP contribution is 2.41. The van der Waals surface area contributed by atoms with Gasteiger partial charge in [0.1, 0.15) is 5.69 Å². The summed E-state index contributed by atoms with van der Waals surface area (Å²) < 4.78 is 16.3. The summed E-state index contributed by atoms with van der Waals surface area (Å²) >= 11 is 1.95. The van der Waals surface area contributed by atoms with Crippen molar-refractivity contribution in [3.63, 3.8) is 0 Å². The lowest BCUT2D eigenvalue weighted by Crippen LogP contribution is -2.47. The predicted octanol–water partition coefficient (Wildman–Crippen LogP) is 3.15. The average Bonchev–Trinajstić information content (AvgIpc) is 3.47. The van der Waals surface area contributed by atoms with Gasteiger partial charge in [0.15, 0.2) is 11.5 Å². The number of nitrogens with zero attached hydrogens (tertiary/aromatic N) is 3. The Balaban J connectivity index is 1.57. The third-order valence-corrected chi connectivity index (χ3v) is 7.33. The first-order valence-electron chi connectivity index (χ1n) is 11.1. The molecule has 32 heavy (non-hydrogen) atoms. The molecule has 3 heterocycles. The van der Waals surface area contributed by atoms with E-state index in [4.69, 9.17) is 14.2 Å². The highest BCUT2D eigenvalue weighted by molar-refractivity contribution is 7.99. The highest BCUT2D eigenvalue weighted by Gasteiger charge is 2.30. The van der Waals surface area contributed by atoms with Crippen molar-refractivity contribution in [3.05, 3.63) is 23.9 Å². The van der Waals surface area contributed by atoms with Gasteiger partial charge in [-0.1, -0.05) is 0 Å². The number of aromatic amines is 1. The maximum Gasteiger partial charge on any atom is 0.272 e. The van der Waals surface area contributed by atoms with Gasteiger partial charge in [0, 0.05) is 24.4 Å². The largest absolute Gasteiger partial charge is 0.493 e. The molecule has 1 N–H and O–H groups in total. The third-order valence-electron chi connectivity index (χ3n) is 6.14. The number of amides is 1. The second-order valence-electron chi connectivity index (χ2n) is 8.17. The van der Waals surface area contributed by atoms with Crippen LogP contribution in [0.3, 0.4) is 0 Å². The van der Waals surface area contributed by atoms with E-state index in [-0.39, 0.29) is 11.9 Å². The monoisotopic (exact) mass is 460 g/mol. The fourth-order valence-corrected chi connectivity index (χ4v) is 5.53. The molecule has 0 bridgehead atoms. The Labute approximate surface area is 193 Å². The van der Waals surface area contributed by atoms with E-state index in [1.165, 1.54) is 12.8 Å². The summed E-state index contributed by atoms with van der Waals surface area (Å²) in [6.45, 7) is 4.01. The van der Waals surface area contributed by atoms with Crippen LogP contribution in [-0.4, -0.2) is 91.0 Å². The molecule has 1 atom stereocenters. The lowest BCUT2D eigenvalue weighted by atomic mass is 10.1. The molecule has 2 aliphatic rings. The first kappa shape index (κ1) is 22.8. The number of ether oxygens (including phenoxy) is 3. The number of rotatable bonds is 7. The fourth-order valence-electron chi connectivity index (χ4n) is 4.47. The normalized spacial score (nSPS) is 19.6. The maximum atomic E-state index is 13.5. The number of carbonyl (C=O) groups excluding carboxylic acids is 1.